The number of carbonyl (C=O) groups is 1. The van der Waals surface area contributed by atoms with Gasteiger partial charge < -0.3 is 10.2 Å². The zero-order chi connectivity index (χ0) is 18.7. The van der Waals surface area contributed by atoms with Gasteiger partial charge in [0, 0.05) is 30.8 Å². The monoisotopic (exact) mass is 393 g/mol. The number of halogens is 1. The van der Waals surface area contributed by atoms with Crippen LogP contribution in [-0.2, 0) is 16.6 Å². The number of carbonyl (C=O) groups excluding carboxylic acids is 1. The summed E-state index contributed by atoms with van der Waals surface area (Å²) >= 11 is 6.13. The highest BCUT2D eigenvalue weighted by atomic mass is 35.5. The molecule has 138 valence electrons. The van der Waals surface area contributed by atoms with E-state index >= 15 is 0 Å². The number of nitrogens with zero attached hydrogens (tertiary/aromatic N) is 2. The lowest BCUT2D eigenvalue weighted by Crippen LogP contribution is -2.31. The Bertz CT molecular complexity index is 917. The number of hydrogen-bond donors (Lipinski definition) is 1. The van der Waals surface area contributed by atoms with Crippen LogP contribution in [0.2, 0.25) is 5.02 Å². The molecule has 1 aliphatic rings. The zero-order valence-electron chi connectivity index (χ0n) is 14.4. The van der Waals surface area contributed by atoms with Crippen molar-refractivity contribution in [3.63, 3.8) is 0 Å². The number of sulfonamides is 1. The lowest BCUT2D eigenvalue weighted by atomic mass is 10.2. The molecule has 1 saturated heterocycles. The van der Waals surface area contributed by atoms with E-state index in [1.807, 2.05) is 18.2 Å². The lowest BCUT2D eigenvalue weighted by Gasteiger charge is -2.20. The van der Waals surface area contributed by atoms with Crippen LogP contribution in [0.25, 0.3) is 0 Å². The van der Waals surface area contributed by atoms with Gasteiger partial charge >= 0.3 is 6.03 Å². The fraction of sp³-hybridized carbons (Fsp3) is 0.278. The average Bonchev–Trinajstić information content (AvgIpc) is 2.96. The van der Waals surface area contributed by atoms with Gasteiger partial charge in [-0.05, 0) is 36.2 Å². The molecule has 1 fully saturated rings. The Balaban J connectivity index is 1.70. The molecule has 6 nitrogen and oxygen atoms in total. The maximum absolute atomic E-state index is 12.4. The first-order valence-corrected chi connectivity index (χ1v) is 10.2. The standard InChI is InChI=1S/C18H20ClN3O3S/c1-21(13-14-6-2-3-9-17(14)19)18(23)20-15-7-4-8-16(12-15)22-10-5-11-26(22,24)25/h2-4,6-9,12H,5,10-11,13H2,1H3,(H,20,23). The van der Waals surface area contributed by atoms with E-state index in [0.717, 1.165) is 5.56 Å². The topological polar surface area (TPSA) is 69.7 Å². The summed E-state index contributed by atoms with van der Waals surface area (Å²) in [5.41, 5.74) is 1.96. The van der Waals surface area contributed by atoms with E-state index in [9.17, 15) is 13.2 Å². The van der Waals surface area contributed by atoms with Gasteiger partial charge in [-0.1, -0.05) is 35.9 Å². The molecule has 2 aromatic carbocycles. The van der Waals surface area contributed by atoms with E-state index in [2.05, 4.69) is 5.32 Å². The Hall–Kier alpha value is -2.25. The van der Waals surface area contributed by atoms with Crippen molar-refractivity contribution in [1.29, 1.82) is 0 Å². The molecular formula is C18H20ClN3O3S. The predicted octanol–water partition coefficient (Wildman–Crippen LogP) is 3.54. The summed E-state index contributed by atoms with van der Waals surface area (Å²) < 4.78 is 25.5. The second-order valence-corrected chi connectivity index (χ2v) is 8.59. The zero-order valence-corrected chi connectivity index (χ0v) is 15.9. The van der Waals surface area contributed by atoms with Crippen molar-refractivity contribution in [2.75, 3.05) is 29.0 Å². The summed E-state index contributed by atoms with van der Waals surface area (Å²) in [5, 5.41) is 3.40. The molecule has 1 aliphatic heterocycles. The Morgan fingerprint density at radius 3 is 2.69 bits per heavy atom. The van der Waals surface area contributed by atoms with Crippen molar-refractivity contribution in [2.24, 2.45) is 0 Å². The van der Waals surface area contributed by atoms with Gasteiger partial charge in [-0.2, -0.15) is 0 Å². The highest BCUT2D eigenvalue weighted by molar-refractivity contribution is 7.93. The summed E-state index contributed by atoms with van der Waals surface area (Å²) in [4.78, 5) is 13.9. The minimum atomic E-state index is -3.25. The van der Waals surface area contributed by atoms with E-state index in [1.54, 1.807) is 37.4 Å². The number of nitrogens with one attached hydrogen (secondary N) is 1. The first-order valence-electron chi connectivity index (χ1n) is 8.23. The Morgan fingerprint density at radius 1 is 1.23 bits per heavy atom. The first kappa shape index (κ1) is 18.5. The average molecular weight is 394 g/mol. The molecule has 0 atom stereocenters. The van der Waals surface area contributed by atoms with Crippen LogP contribution in [0, 0.1) is 0 Å². The summed E-state index contributed by atoms with van der Waals surface area (Å²) in [6.07, 6.45) is 0.611. The van der Waals surface area contributed by atoms with Crippen molar-refractivity contribution >= 4 is 39.0 Å². The number of urea groups is 1. The molecule has 2 amide bonds. The van der Waals surface area contributed by atoms with Crippen LogP contribution >= 0.6 is 11.6 Å². The smallest absolute Gasteiger partial charge is 0.321 e. The maximum atomic E-state index is 12.4. The SMILES string of the molecule is CN(Cc1ccccc1Cl)C(=O)Nc1cccc(N2CCCS2(=O)=O)c1. The quantitative estimate of drug-likeness (QED) is 0.863. The van der Waals surface area contributed by atoms with Gasteiger partial charge in [0.25, 0.3) is 0 Å². The van der Waals surface area contributed by atoms with Crippen molar-refractivity contribution in [3.8, 4) is 0 Å². The van der Waals surface area contributed by atoms with Crippen LogP contribution in [0.15, 0.2) is 48.5 Å². The Kier molecular flexibility index (Phi) is 5.38. The number of anilines is 2. The molecule has 26 heavy (non-hydrogen) atoms. The van der Waals surface area contributed by atoms with E-state index in [4.69, 9.17) is 11.6 Å². The third-order valence-corrected chi connectivity index (χ3v) is 6.44. The second-order valence-electron chi connectivity index (χ2n) is 6.17. The minimum absolute atomic E-state index is 0.157. The van der Waals surface area contributed by atoms with E-state index in [-0.39, 0.29) is 11.8 Å². The lowest BCUT2D eigenvalue weighted by molar-refractivity contribution is 0.220. The number of amides is 2. The molecule has 2 aromatic rings. The molecule has 8 heteroatoms. The Labute approximate surface area is 158 Å². The molecule has 0 radical (unpaired) electrons. The van der Waals surface area contributed by atoms with E-state index < -0.39 is 10.0 Å². The van der Waals surface area contributed by atoms with Gasteiger partial charge in [-0.25, -0.2) is 13.2 Å². The molecule has 3 rings (SSSR count). The predicted molar refractivity (Wildman–Crippen MR) is 104 cm³/mol. The van der Waals surface area contributed by atoms with Crippen molar-refractivity contribution < 1.29 is 13.2 Å². The van der Waals surface area contributed by atoms with Crippen molar-refractivity contribution in [3.05, 3.63) is 59.1 Å². The van der Waals surface area contributed by atoms with E-state index in [0.29, 0.717) is 35.9 Å². The van der Waals surface area contributed by atoms with Gasteiger partial charge in [-0.15, -0.1) is 0 Å². The minimum Gasteiger partial charge on any atom is -0.323 e. The van der Waals surface area contributed by atoms with Crippen LogP contribution in [0.3, 0.4) is 0 Å². The van der Waals surface area contributed by atoms with Gasteiger partial charge in [0.1, 0.15) is 0 Å². The van der Waals surface area contributed by atoms with Crippen molar-refractivity contribution in [2.45, 2.75) is 13.0 Å². The summed E-state index contributed by atoms with van der Waals surface area (Å²) in [5.74, 6) is 0.157. The maximum Gasteiger partial charge on any atom is 0.321 e. The molecule has 0 aromatic heterocycles. The highest BCUT2D eigenvalue weighted by Gasteiger charge is 2.28. The van der Waals surface area contributed by atoms with Gasteiger partial charge in [0.15, 0.2) is 0 Å². The van der Waals surface area contributed by atoms with E-state index in [1.165, 1.54) is 9.21 Å². The molecular weight excluding hydrogens is 374 g/mol. The number of hydrogen-bond acceptors (Lipinski definition) is 3. The summed E-state index contributed by atoms with van der Waals surface area (Å²) in [7, 11) is -1.58. The third kappa shape index (κ3) is 4.11. The van der Waals surface area contributed by atoms with Crippen LogP contribution in [0.5, 0.6) is 0 Å². The van der Waals surface area contributed by atoms with Gasteiger partial charge in [-0.3, -0.25) is 4.31 Å². The summed E-state index contributed by atoms with van der Waals surface area (Å²) in [6, 6.07) is 13.9. The fourth-order valence-electron chi connectivity index (χ4n) is 2.84. The fourth-order valence-corrected chi connectivity index (χ4v) is 4.59. The number of benzene rings is 2. The van der Waals surface area contributed by atoms with Crippen LogP contribution < -0.4 is 9.62 Å². The van der Waals surface area contributed by atoms with Crippen LogP contribution in [0.1, 0.15) is 12.0 Å². The number of rotatable bonds is 4. The first-order chi connectivity index (χ1) is 12.4. The molecule has 0 unspecified atom stereocenters. The Morgan fingerprint density at radius 2 is 2.00 bits per heavy atom. The van der Waals surface area contributed by atoms with Crippen molar-refractivity contribution in [1.82, 2.24) is 4.90 Å². The van der Waals surface area contributed by atoms with Crippen LogP contribution in [0.4, 0.5) is 16.2 Å². The molecule has 1 heterocycles. The molecule has 1 N–H and O–H groups in total. The summed E-state index contributed by atoms with van der Waals surface area (Å²) in [6.45, 7) is 0.831. The molecule has 0 spiro atoms. The van der Waals surface area contributed by atoms with Crippen LogP contribution in [-0.4, -0.2) is 38.7 Å². The second kappa shape index (κ2) is 7.55. The molecule has 0 saturated carbocycles. The highest BCUT2D eigenvalue weighted by Crippen LogP contribution is 2.26. The largest absolute Gasteiger partial charge is 0.323 e. The van der Waals surface area contributed by atoms with Gasteiger partial charge in [0.2, 0.25) is 10.0 Å². The normalized spacial score (nSPS) is 15.7. The van der Waals surface area contributed by atoms with Gasteiger partial charge in [0.05, 0.1) is 11.4 Å². The molecule has 0 aliphatic carbocycles. The molecule has 0 bridgehead atoms. The third-order valence-electron chi connectivity index (χ3n) is 4.20.